The van der Waals surface area contributed by atoms with Gasteiger partial charge in [0.2, 0.25) is 10.0 Å². The number of piperidine rings is 1. The van der Waals surface area contributed by atoms with Crippen LogP contribution in [0.15, 0.2) is 28.3 Å². The number of ether oxygens (including phenoxy) is 1. The zero-order chi connectivity index (χ0) is 19.6. The number of carbonyl (C=O) groups is 1. The van der Waals surface area contributed by atoms with Crippen molar-refractivity contribution in [1.29, 1.82) is 0 Å². The summed E-state index contributed by atoms with van der Waals surface area (Å²) in [5.74, 6) is -0.317. The highest BCUT2D eigenvalue weighted by atomic mass is 32.2. The molecule has 0 amide bonds. The minimum absolute atomic E-state index is 0.273. The Kier molecular flexibility index (Phi) is 6.12. The van der Waals surface area contributed by atoms with Crippen LogP contribution in [0.25, 0.3) is 11.0 Å². The Morgan fingerprint density at radius 2 is 2.00 bits per heavy atom. The van der Waals surface area contributed by atoms with Crippen molar-refractivity contribution in [1.82, 2.24) is 13.9 Å². The third-order valence-corrected chi connectivity index (χ3v) is 7.73. The fourth-order valence-electron chi connectivity index (χ4n) is 3.27. The molecule has 0 N–H and O–H groups in total. The highest BCUT2D eigenvalue weighted by molar-refractivity contribution is 8.00. The van der Waals surface area contributed by atoms with Gasteiger partial charge in [-0.25, -0.2) is 13.4 Å². The van der Waals surface area contributed by atoms with Crippen LogP contribution >= 0.6 is 11.8 Å². The van der Waals surface area contributed by atoms with Gasteiger partial charge in [0.15, 0.2) is 5.16 Å². The molecule has 1 fully saturated rings. The molecule has 0 aliphatic carbocycles. The monoisotopic (exact) mass is 411 g/mol. The molecule has 0 saturated carbocycles. The molecular formula is C18H25N3O4S2. The zero-order valence-corrected chi connectivity index (χ0v) is 17.5. The maximum atomic E-state index is 12.9. The van der Waals surface area contributed by atoms with Gasteiger partial charge in [0, 0.05) is 19.6 Å². The van der Waals surface area contributed by atoms with E-state index in [1.807, 2.05) is 11.5 Å². The number of aryl methyl sites for hydroxylation is 1. The number of hydrogen-bond acceptors (Lipinski definition) is 6. The summed E-state index contributed by atoms with van der Waals surface area (Å²) in [5.41, 5.74) is 1.48. The van der Waals surface area contributed by atoms with Crippen LogP contribution in [0.1, 0.15) is 33.1 Å². The molecule has 0 bridgehead atoms. The van der Waals surface area contributed by atoms with Crippen LogP contribution in [0, 0.1) is 0 Å². The number of aromatic nitrogens is 2. The third-order valence-electron chi connectivity index (χ3n) is 4.77. The number of fused-ring (bicyclic) bond motifs is 1. The van der Waals surface area contributed by atoms with Crippen LogP contribution in [0.4, 0.5) is 0 Å². The summed E-state index contributed by atoms with van der Waals surface area (Å²) in [6.45, 7) is 5.57. The maximum absolute atomic E-state index is 12.9. The Labute approximate surface area is 164 Å². The highest BCUT2D eigenvalue weighted by Crippen LogP contribution is 2.30. The molecule has 3 rings (SSSR count). The SMILES string of the molecule is CCn1c(S[C@H](C)C(=O)OC)nc2cc(S(=O)(=O)N3CCCCC3)ccc21. The summed E-state index contributed by atoms with van der Waals surface area (Å²) in [5, 5.41) is 0.284. The van der Waals surface area contributed by atoms with E-state index in [2.05, 4.69) is 4.98 Å². The van der Waals surface area contributed by atoms with E-state index in [1.165, 1.54) is 18.9 Å². The summed E-state index contributed by atoms with van der Waals surface area (Å²) in [7, 11) is -2.14. The number of esters is 1. The predicted molar refractivity (Wildman–Crippen MR) is 105 cm³/mol. The van der Waals surface area contributed by atoms with Crippen LogP contribution in [0.5, 0.6) is 0 Å². The number of imidazole rings is 1. The number of carbonyl (C=O) groups excluding carboxylic acids is 1. The Hall–Kier alpha value is -1.58. The summed E-state index contributed by atoms with van der Waals surface area (Å²) >= 11 is 1.31. The largest absolute Gasteiger partial charge is 0.468 e. The van der Waals surface area contributed by atoms with E-state index in [1.54, 1.807) is 29.4 Å². The van der Waals surface area contributed by atoms with Gasteiger partial charge in [0.1, 0.15) is 5.25 Å². The highest BCUT2D eigenvalue weighted by Gasteiger charge is 2.27. The van der Waals surface area contributed by atoms with Crippen molar-refractivity contribution in [2.45, 2.75) is 55.0 Å². The quantitative estimate of drug-likeness (QED) is 0.537. The number of hydrogen-bond donors (Lipinski definition) is 0. The molecule has 2 aromatic rings. The molecule has 27 heavy (non-hydrogen) atoms. The number of rotatable bonds is 6. The normalized spacial score (nSPS) is 17.1. The Balaban J connectivity index is 1.97. The van der Waals surface area contributed by atoms with Gasteiger partial charge >= 0.3 is 5.97 Å². The summed E-state index contributed by atoms with van der Waals surface area (Å²) in [4.78, 5) is 16.6. The molecule has 1 aromatic carbocycles. The summed E-state index contributed by atoms with van der Waals surface area (Å²) in [6.07, 6.45) is 2.88. The smallest absolute Gasteiger partial charge is 0.318 e. The lowest BCUT2D eigenvalue weighted by Gasteiger charge is -2.25. The van der Waals surface area contributed by atoms with Gasteiger partial charge in [0.05, 0.1) is 23.0 Å². The average Bonchev–Trinajstić information content (AvgIpc) is 3.03. The molecule has 1 aliphatic heterocycles. The number of sulfonamides is 1. The topological polar surface area (TPSA) is 81.5 Å². The fraction of sp³-hybridized carbons (Fsp3) is 0.556. The molecule has 9 heteroatoms. The standard InChI is InChI=1S/C18H25N3O4S2/c1-4-21-16-9-8-14(27(23,24)20-10-6-5-7-11-20)12-15(16)19-18(21)26-13(2)17(22)25-3/h8-9,12-13H,4-7,10-11H2,1-3H3/t13-/m1/s1. The molecule has 1 saturated heterocycles. The van der Waals surface area contributed by atoms with Gasteiger partial charge in [-0.15, -0.1) is 0 Å². The second-order valence-electron chi connectivity index (χ2n) is 6.54. The first-order valence-corrected chi connectivity index (χ1v) is 11.5. The minimum atomic E-state index is -3.50. The Bertz CT molecular complexity index is 933. The lowest BCUT2D eigenvalue weighted by Crippen LogP contribution is -2.35. The van der Waals surface area contributed by atoms with E-state index in [4.69, 9.17) is 4.74 Å². The molecule has 7 nitrogen and oxygen atoms in total. The molecule has 0 radical (unpaired) electrons. The molecule has 2 heterocycles. The Morgan fingerprint density at radius 1 is 1.30 bits per heavy atom. The second kappa shape index (κ2) is 8.20. The van der Waals surface area contributed by atoms with Crippen LogP contribution in [-0.2, 0) is 26.1 Å². The van der Waals surface area contributed by atoms with E-state index in [9.17, 15) is 13.2 Å². The van der Waals surface area contributed by atoms with Gasteiger partial charge in [-0.2, -0.15) is 4.31 Å². The van der Waals surface area contributed by atoms with Crippen molar-refractivity contribution in [2.75, 3.05) is 20.2 Å². The lowest BCUT2D eigenvalue weighted by molar-refractivity contribution is -0.139. The third kappa shape index (κ3) is 4.00. The summed E-state index contributed by atoms with van der Waals surface area (Å²) < 4.78 is 34.2. The van der Waals surface area contributed by atoms with Crippen molar-refractivity contribution in [3.8, 4) is 0 Å². The van der Waals surface area contributed by atoms with Gasteiger partial charge in [-0.05, 0) is 44.9 Å². The minimum Gasteiger partial charge on any atom is -0.468 e. The maximum Gasteiger partial charge on any atom is 0.318 e. The second-order valence-corrected chi connectivity index (χ2v) is 9.78. The number of methoxy groups -OCH3 is 1. The van der Waals surface area contributed by atoms with E-state index in [-0.39, 0.29) is 10.9 Å². The van der Waals surface area contributed by atoms with Crippen molar-refractivity contribution < 1.29 is 17.9 Å². The first-order chi connectivity index (χ1) is 12.9. The Morgan fingerprint density at radius 3 is 2.63 bits per heavy atom. The van der Waals surface area contributed by atoms with Gasteiger partial charge < -0.3 is 9.30 Å². The van der Waals surface area contributed by atoms with Gasteiger partial charge in [-0.3, -0.25) is 4.79 Å². The van der Waals surface area contributed by atoms with Crippen molar-refractivity contribution >= 4 is 38.8 Å². The molecular weight excluding hydrogens is 386 g/mol. The molecule has 1 aromatic heterocycles. The molecule has 0 unspecified atom stereocenters. The van der Waals surface area contributed by atoms with Crippen LogP contribution in [0.2, 0.25) is 0 Å². The van der Waals surface area contributed by atoms with Crippen LogP contribution in [-0.4, -0.2) is 53.7 Å². The molecule has 148 valence electrons. The molecule has 1 atom stereocenters. The van der Waals surface area contributed by atoms with Crippen molar-refractivity contribution in [2.24, 2.45) is 0 Å². The van der Waals surface area contributed by atoms with E-state index >= 15 is 0 Å². The first kappa shape index (κ1) is 20.2. The van der Waals surface area contributed by atoms with E-state index in [0.717, 1.165) is 24.8 Å². The summed E-state index contributed by atoms with van der Waals surface area (Å²) in [6, 6.07) is 5.09. The lowest BCUT2D eigenvalue weighted by atomic mass is 10.2. The van der Waals surface area contributed by atoms with Crippen molar-refractivity contribution in [3.05, 3.63) is 18.2 Å². The number of benzene rings is 1. The zero-order valence-electron chi connectivity index (χ0n) is 15.8. The van der Waals surface area contributed by atoms with Gasteiger partial charge in [0.25, 0.3) is 0 Å². The van der Waals surface area contributed by atoms with Crippen molar-refractivity contribution in [3.63, 3.8) is 0 Å². The number of thioether (sulfide) groups is 1. The van der Waals surface area contributed by atoms with Crippen LogP contribution in [0.3, 0.4) is 0 Å². The average molecular weight is 412 g/mol. The van der Waals surface area contributed by atoms with Gasteiger partial charge in [-0.1, -0.05) is 18.2 Å². The first-order valence-electron chi connectivity index (χ1n) is 9.13. The molecule has 0 spiro atoms. The fourth-order valence-corrected chi connectivity index (χ4v) is 5.82. The van der Waals surface area contributed by atoms with Crippen LogP contribution < -0.4 is 0 Å². The number of nitrogens with zero attached hydrogens (tertiary/aromatic N) is 3. The van der Waals surface area contributed by atoms with E-state index < -0.39 is 15.3 Å². The van der Waals surface area contributed by atoms with E-state index in [0.29, 0.717) is 30.3 Å². The predicted octanol–water partition coefficient (Wildman–Crippen LogP) is 2.88. The molecule has 1 aliphatic rings.